The molecule has 0 heterocycles. The normalized spacial score (nSPS) is 10.8. The molecular weight excluding hydrogens is 224 g/mol. The minimum absolute atomic E-state index is 0.0326. The maximum Gasteiger partial charge on any atom is 0.310 e. The van der Waals surface area contributed by atoms with Gasteiger partial charge in [0, 0.05) is 13.0 Å². The summed E-state index contributed by atoms with van der Waals surface area (Å²) < 4.78 is 0. The molecule has 3 N–H and O–H groups in total. The van der Waals surface area contributed by atoms with Crippen molar-refractivity contribution >= 4 is 17.8 Å². The average molecular weight is 244 g/mol. The highest BCUT2D eigenvalue weighted by Gasteiger charge is 2.27. The molecule has 6 nitrogen and oxygen atoms in total. The molecule has 0 aliphatic rings. The second-order valence-corrected chi connectivity index (χ2v) is 4.49. The molecule has 0 fully saturated rings. The van der Waals surface area contributed by atoms with Crippen LogP contribution in [-0.4, -0.2) is 36.0 Å². The van der Waals surface area contributed by atoms with Crippen LogP contribution in [0.5, 0.6) is 0 Å². The van der Waals surface area contributed by atoms with Gasteiger partial charge >= 0.3 is 5.97 Å². The van der Waals surface area contributed by atoms with Crippen LogP contribution in [0.25, 0.3) is 0 Å². The summed E-state index contributed by atoms with van der Waals surface area (Å²) in [5, 5.41) is 13.7. The number of aliphatic carboxylic acids is 1. The van der Waals surface area contributed by atoms with E-state index in [-0.39, 0.29) is 24.9 Å². The van der Waals surface area contributed by atoms with E-state index >= 15 is 0 Å². The smallest absolute Gasteiger partial charge is 0.310 e. The van der Waals surface area contributed by atoms with Crippen LogP contribution in [0, 0.1) is 5.41 Å². The highest BCUT2D eigenvalue weighted by molar-refractivity contribution is 5.85. The van der Waals surface area contributed by atoms with Crippen LogP contribution in [0.3, 0.4) is 0 Å². The SMILES string of the molecule is CCCC(=O)NCC(=O)NCC(C)(C)C(=O)O. The Morgan fingerprint density at radius 1 is 1.12 bits per heavy atom. The first-order valence-corrected chi connectivity index (χ1v) is 5.56. The summed E-state index contributed by atoms with van der Waals surface area (Å²) in [5.74, 6) is -1.54. The van der Waals surface area contributed by atoms with Gasteiger partial charge in [-0.15, -0.1) is 0 Å². The van der Waals surface area contributed by atoms with Gasteiger partial charge in [0.2, 0.25) is 11.8 Å². The predicted octanol–water partition coefficient (Wildman–Crippen LogP) is 0.130. The number of carboxylic acid groups (broad SMARTS) is 1. The van der Waals surface area contributed by atoms with Crippen molar-refractivity contribution in [3.8, 4) is 0 Å². The molecule has 0 aromatic carbocycles. The second kappa shape index (κ2) is 6.88. The number of carboxylic acids is 1. The van der Waals surface area contributed by atoms with Gasteiger partial charge in [0.25, 0.3) is 0 Å². The third kappa shape index (κ3) is 6.55. The first-order valence-electron chi connectivity index (χ1n) is 5.56. The molecule has 0 saturated heterocycles. The second-order valence-electron chi connectivity index (χ2n) is 4.49. The Bertz CT molecular complexity index is 300. The van der Waals surface area contributed by atoms with Crippen molar-refractivity contribution in [2.75, 3.05) is 13.1 Å². The van der Waals surface area contributed by atoms with Crippen LogP contribution in [0.2, 0.25) is 0 Å². The van der Waals surface area contributed by atoms with Crippen LogP contribution >= 0.6 is 0 Å². The van der Waals surface area contributed by atoms with Crippen LogP contribution < -0.4 is 10.6 Å². The first kappa shape index (κ1) is 15.4. The topological polar surface area (TPSA) is 95.5 Å². The van der Waals surface area contributed by atoms with Crippen LogP contribution in [0.15, 0.2) is 0 Å². The fourth-order valence-corrected chi connectivity index (χ4v) is 0.952. The van der Waals surface area contributed by atoms with Crippen LogP contribution in [0.1, 0.15) is 33.6 Å². The number of carbonyl (C=O) groups is 3. The Morgan fingerprint density at radius 2 is 1.71 bits per heavy atom. The highest BCUT2D eigenvalue weighted by Crippen LogP contribution is 2.12. The lowest BCUT2D eigenvalue weighted by Crippen LogP contribution is -2.43. The zero-order chi connectivity index (χ0) is 13.5. The van der Waals surface area contributed by atoms with Gasteiger partial charge in [-0.3, -0.25) is 14.4 Å². The van der Waals surface area contributed by atoms with Gasteiger partial charge in [0.15, 0.2) is 0 Å². The molecule has 6 heteroatoms. The van der Waals surface area contributed by atoms with E-state index < -0.39 is 11.4 Å². The number of hydrogen-bond donors (Lipinski definition) is 3. The molecule has 0 saturated carbocycles. The Labute approximate surface area is 101 Å². The van der Waals surface area contributed by atoms with Gasteiger partial charge in [-0.2, -0.15) is 0 Å². The van der Waals surface area contributed by atoms with Gasteiger partial charge in [-0.25, -0.2) is 0 Å². The molecule has 0 aromatic heterocycles. The lowest BCUT2D eigenvalue weighted by Gasteiger charge is -2.19. The van der Waals surface area contributed by atoms with Gasteiger partial charge in [-0.05, 0) is 20.3 Å². The monoisotopic (exact) mass is 244 g/mol. The minimum atomic E-state index is -1.01. The van der Waals surface area contributed by atoms with Crippen molar-refractivity contribution in [3.63, 3.8) is 0 Å². The lowest BCUT2D eigenvalue weighted by molar-refractivity contribution is -0.146. The zero-order valence-corrected chi connectivity index (χ0v) is 10.5. The largest absolute Gasteiger partial charge is 0.481 e. The van der Waals surface area contributed by atoms with Gasteiger partial charge < -0.3 is 15.7 Å². The molecule has 0 rings (SSSR count). The molecule has 0 aliphatic carbocycles. The van der Waals surface area contributed by atoms with E-state index in [9.17, 15) is 14.4 Å². The average Bonchev–Trinajstić information content (AvgIpc) is 2.24. The molecule has 0 spiro atoms. The predicted molar refractivity (Wildman–Crippen MR) is 62.3 cm³/mol. The third-order valence-electron chi connectivity index (χ3n) is 2.23. The number of nitrogens with one attached hydrogen (secondary N) is 2. The number of amides is 2. The molecular formula is C11H20N2O4. The van der Waals surface area contributed by atoms with Gasteiger partial charge in [0.1, 0.15) is 0 Å². The van der Waals surface area contributed by atoms with Crippen molar-refractivity contribution in [2.45, 2.75) is 33.6 Å². The van der Waals surface area contributed by atoms with Crippen molar-refractivity contribution in [3.05, 3.63) is 0 Å². The zero-order valence-electron chi connectivity index (χ0n) is 10.5. The Kier molecular flexibility index (Phi) is 6.23. The summed E-state index contributed by atoms with van der Waals surface area (Å²) in [6, 6.07) is 0. The van der Waals surface area contributed by atoms with E-state index in [1.165, 1.54) is 13.8 Å². The molecule has 0 aliphatic heterocycles. The fourth-order valence-electron chi connectivity index (χ4n) is 0.952. The van der Waals surface area contributed by atoms with Crippen molar-refractivity contribution in [2.24, 2.45) is 5.41 Å². The van der Waals surface area contributed by atoms with E-state index in [0.717, 1.165) is 6.42 Å². The summed E-state index contributed by atoms with van der Waals surface area (Å²) in [7, 11) is 0. The van der Waals surface area contributed by atoms with E-state index in [2.05, 4.69) is 10.6 Å². The quantitative estimate of drug-likeness (QED) is 0.593. The van der Waals surface area contributed by atoms with E-state index in [4.69, 9.17) is 5.11 Å². The van der Waals surface area contributed by atoms with Gasteiger partial charge in [-0.1, -0.05) is 6.92 Å². The summed E-state index contributed by atoms with van der Waals surface area (Å²) in [6.45, 7) is 4.82. The molecule has 0 atom stereocenters. The number of rotatable bonds is 7. The molecule has 2 amide bonds. The molecule has 0 radical (unpaired) electrons. The minimum Gasteiger partial charge on any atom is -0.481 e. The molecule has 0 bridgehead atoms. The van der Waals surface area contributed by atoms with Crippen molar-refractivity contribution in [1.29, 1.82) is 0 Å². The standard InChI is InChI=1S/C11H20N2O4/c1-4-5-8(14)12-6-9(15)13-7-11(2,3)10(16)17/h4-7H2,1-3H3,(H,12,14)(H,13,15)(H,16,17). The summed E-state index contributed by atoms with van der Waals surface area (Å²) in [6.07, 6.45) is 1.10. The first-order chi connectivity index (χ1) is 7.79. The molecule has 98 valence electrons. The maximum atomic E-state index is 11.3. The molecule has 0 aromatic rings. The molecule has 0 unspecified atom stereocenters. The lowest BCUT2D eigenvalue weighted by atomic mass is 9.94. The van der Waals surface area contributed by atoms with Crippen molar-refractivity contribution in [1.82, 2.24) is 10.6 Å². The van der Waals surface area contributed by atoms with Crippen molar-refractivity contribution < 1.29 is 19.5 Å². The summed E-state index contributed by atoms with van der Waals surface area (Å²) in [4.78, 5) is 33.1. The summed E-state index contributed by atoms with van der Waals surface area (Å²) >= 11 is 0. The maximum absolute atomic E-state index is 11.3. The Balaban J connectivity index is 3.88. The summed E-state index contributed by atoms with van der Waals surface area (Å²) in [5.41, 5.74) is -1.01. The number of hydrogen-bond acceptors (Lipinski definition) is 3. The molecule has 17 heavy (non-hydrogen) atoms. The number of carbonyl (C=O) groups excluding carboxylic acids is 2. The Morgan fingerprint density at radius 3 is 2.18 bits per heavy atom. The Hall–Kier alpha value is -1.59. The van der Waals surface area contributed by atoms with Gasteiger partial charge in [0.05, 0.1) is 12.0 Å². The van der Waals surface area contributed by atoms with E-state index in [1.807, 2.05) is 6.92 Å². The fraction of sp³-hybridized carbons (Fsp3) is 0.727. The van der Waals surface area contributed by atoms with E-state index in [1.54, 1.807) is 0 Å². The third-order valence-corrected chi connectivity index (χ3v) is 2.23. The highest BCUT2D eigenvalue weighted by atomic mass is 16.4. The van der Waals surface area contributed by atoms with Crippen LogP contribution in [0.4, 0.5) is 0 Å². The van der Waals surface area contributed by atoms with Crippen LogP contribution in [-0.2, 0) is 14.4 Å². The van der Waals surface area contributed by atoms with E-state index in [0.29, 0.717) is 6.42 Å².